The molecule has 3 rings (SSSR count). The van der Waals surface area contributed by atoms with Gasteiger partial charge in [0, 0.05) is 5.69 Å². The molecule has 2 aromatic rings. The van der Waals surface area contributed by atoms with Crippen molar-refractivity contribution in [3.8, 4) is 0 Å². The minimum absolute atomic E-state index is 0.282. The summed E-state index contributed by atoms with van der Waals surface area (Å²) in [6, 6.07) is 6.32. The van der Waals surface area contributed by atoms with Crippen LogP contribution >= 0.6 is 0 Å². The molecule has 0 bridgehead atoms. The smallest absolute Gasteiger partial charge is 0.248 e. The second-order valence-electron chi connectivity index (χ2n) is 4.90. The summed E-state index contributed by atoms with van der Waals surface area (Å²) in [5.74, 6) is 1.40. The number of benzene rings is 1. The van der Waals surface area contributed by atoms with E-state index in [1.807, 2.05) is 6.07 Å². The van der Waals surface area contributed by atoms with Crippen molar-refractivity contribution in [1.29, 1.82) is 0 Å². The van der Waals surface area contributed by atoms with Gasteiger partial charge in [0.2, 0.25) is 5.89 Å². The molecule has 3 N–H and O–H groups in total. The van der Waals surface area contributed by atoms with Crippen LogP contribution in [0.25, 0.3) is 0 Å². The van der Waals surface area contributed by atoms with Crippen LogP contribution in [0.2, 0.25) is 0 Å². The zero-order chi connectivity index (χ0) is 13.9. The molecule has 0 spiro atoms. The van der Waals surface area contributed by atoms with Gasteiger partial charge in [0.25, 0.3) is 0 Å². The molecule has 0 amide bonds. The normalized spacial score (nSPS) is 14.3. The van der Waals surface area contributed by atoms with Crippen LogP contribution in [0.4, 0.5) is 5.69 Å². The van der Waals surface area contributed by atoms with Crippen molar-refractivity contribution < 1.29 is 4.52 Å². The van der Waals surface area contributed by atoms with E-state index in [-0.39, 0.29) is 6.54 Å². The molecule has 0 saturated heterocycles. The third-order valence-electron chi connectivity index (χ3n) is 3.33. The number of fused-ring (bicyclic) bond motifs is 1. The quantitative estimate of drug-likeness (QED) is 0.656. The summed E-state index contributed by atoms with van der Waals surface area (Å²) in [4.78, 5) is 8.25. The van der Waals surface area contributed by atoms with Gasteiger partial charge < -0.3 is 15.6 Å². The number of nitrogens with zero attached hydrogens (tertiary/aromatic N) is 3. The fourth-order valence-electron chi connectivity index (χ4n) is 2.39. The SMILES string of the molecule is Cc1noc(CN=C(N)Nc2ccc3c(c2)CCC3)n1. The molecule has 1 aliphatic rings. The van der Waals surface area contributed by atoms with E-state index in [0.29, 0.717) is 17.7 Å². The van der Waals surface area contributed by atoms with Gasteiger partial charge in [-0.05, 0) is 49.4 Å². The molecule has 0 saturated carbocycles. The molecule has 1 aliphatic carbocycles. The molecule has 20 heavy (non-hydrogen) atoms. The lowest BCUT2D eigenvalue weighted by Crippen LogP contribution is -2.22. The maximum absolute atomic E-state index is 5.85. The predicted octanol–water partition coefficient (Wildman–Crippen LogP) is 1.79. The summed E-state index contributed by atoms with van der Waals surface area (Å²) < 4.78 is 4.97. The molecule has 6 heteroatoms. The van der Waals surface area contributed by atoms with E-state index in [0.717, 1.165) is 12.1 Å². The Labute approximate surface area is 117 Å². The second-order valence-corrected chi connectivity index (χ2v) is 4.90. The second kappa shape index (κ2) is 5.32. The first-order valence-corrected chi connectivity index (χ1v) is 6.68. The summed E-state index contributed by atoms with van der Waals surface area (Å²) >= 11 is 0. The van der Waals surface area contributed by atoms with Gasteiger partial charge in [-0.3, -0.25) is 0 Å². The third-order valence-corrected chi connectivity index (χ3v) is 3.33. The molecule has 1 heterocycles. The van der Waals surface area contributed by atoms with Crippen LogP contribution in [0.15, 0.2) is 27.7 Å². The molecule has 0 fully saturated rings. The number of nitrogens with one attached hydrogen (secondary N) is 1. The van der Waals surface area contributed by atoms with E-state index in [2.05, 4.69) is 32.6 Å². The van der Waals surface area contributed by atoms with E-state index in [9.17, 15) is 0 Å². The average molecular weight is 271 g/mol. The Morgan fingerprint density at radius 3 is 3.05 bits per heavy atom. The lowest BCUT2D eigenvalue weighted by molar-refractivity contribution is 0.376. The number of aliphatic imine (C=N–C) groups is 1. The van der Waals surface area contributed by atoms with Crippen molar-refractivity contribution >= 4 is 11.6 Å². The molecule has 0 radical (unpaired) electrons. The molecule has 1 aromatic heterocycles. The standard InChI is InChI=1S/C14H17N5O/c1-9-17-13(20-19-9)8-16-14(15)18-12-6-5-10-3-2-4-11(10)7-12/h5-7H,2-4,8H2,1H3,(H3,15,16,18). The van der Waals surface area contributed by atoms with Crippen LogP contribution in [0.3, 0.4) is 0 Å². The van der Waals surface area contributed by atoms with Crippen molar-refractivity contribution in [2.24, 2.45) is 10.7 Å². The highest BCUT2D eigenvalue weighted by molar-refractivity contribution is 5.92. The van der Waals surface area contributed by atoms with Crippen LogP contribution in [0, 0.1) is 6.92 Å². The summed E-state index contributed by atoms with van der Waals surface area (Å²) in [5.41, 5.74) is 9.66. The lowest BCUT2D eigenvalue weighted by atomic mass is 10.1. The Morgan fingerprint density at radius 2 is 2.25 bits per heavy atom. The molecule has 104 valence electrons. The van der Waals surface area contributed by atoms with Gasteiger partial charge in [0.15, 0.2) is 11.8 Å². The van der Waals surface area contributed by atoms with Crippen LogP contribution in [-0.4, -0.2) is 16.1 Å². The van der Waals surface area contributed by atoms with Gasteiger partial charge in [-0.2, -0.15) is 4.98 Å². The minimum Gasteiger partial charge on any atom is -0.370 e. The molecule has 0 aliphatic heterocycles. The molecular weight excluding hydrogens is 254 g/mol. The number of hydrogen-bond donors (Lipinski definition) is 2. The zero-order valence-electron chi connectivity index (χ0n) is 11.4. The first-order chi connectivity index (χ1) is 9.70. The Bertz CT molecular complexity index is 647. The fourth-order valence-corrected chi connectivity index (χ4v) is 2.39. The van der Waals surface area contributed by atoms with Crippen molar-refractivity contribution in [2.75, 3.05) is 5.32 Å². The van der Waals surface area contributed by atoms with Crippen molar-refractivity contribution in [3.05, 3.63) is 41.0 Å². The minimum atomic E-state index is 0.282. The van der Waals surface area contributed by atoms with Gasteiger partial charge in [-0.25, -0.2) is 4.99 Å². The Morgan fingerprint density at radius 1 is 1.40 bits per heavy atom. The summed E-state index contributed by atoms with van der Waals surface area (Å²) in [6.45, 7) is 2.05. The first kappa shape index (κ1) is 12.7. The van der Waals surface area contributed by atoms with Gasteiger partial charge in [-0.15, -0.1) is 0 Å². The molecule has 0 unspecified atom stereocenters. The van der Waals surface area contributed by atoms with Crippen molar-refractivity contribution in [1.82, 2.24) is 10.1 Å². The van der Waals surface area contributed by atoms with Crippen molar-refractivity contribution in [2.45, 2.75) is 32.7 Å². The summed E-state index contributed by atoms with van der Waals surface area (Å²) in [6.07, 6.45) is 3.55. The molecule has 0 atom stereocenters. The van der Waals surface area contributed by atoms with Crippen LogP contribution in [0.5, 0.6) is 0 Å². The van der Waals surface area contributed by atoms with E-state index in [1.165, 1.54) is 24.0 Å². The Hall–Kier alpha value is -2.37. The fraction of sp³-hybridized carbons (Fsp3) is 0.357. The van der Waals surface area contributed by atoms with Gasteiger partial charge in [0.05, 0.1) is 0 Å². The maximum Gasteiger partial charge on any atom is 0.248 e. The highest BCUT2D eigenvalue weighted by Gasteiger charge is 2.10. The number of anilines is 1. The highest BCUT2D eigenvalue weighted by atomic mass is 16.5. The van der Waals surface area contributed by atoms with E-state index < -0.39 is 0 Å². The maximum atomic E-state index is 5.85. The molecular formula is C14H17N5O. The molecule has 6 nitrogen and oxygen atoms in total. The number of aromatic nitrogens is 2. The topological polar surface area (TPSA) is 89.3 Å². The van der Waals surface area contributed by atoms with Crippen LogP contribution in [0.1, 0.15) is 29.3 Å². The van der Waals surface area contributed by atoms with Crippen molar-refractivity contribution in [3.63, 3.8) is 0 Å². The zero-order valence-corrected chi connectivity index (χ0v) is 11.4. The lowest BCUT2D eigenvalue weighted by Gasteiger charge is -2.07. The van der Waals surface area contributed by atoms with Crippen LogP contribution < -0.4 is 11.1 Å². The van der Waals surface area contributed by atoms with Crippen LogP contribution in [-0.2, 0) is 19.4 Å². The highest BCUT2D eigenvalue weighted by Crippen LogP contribution is 2.24. The predicted molar refractivity (Wildman–Crippen MR) is 76.5 cm³/mol. The van der Waals surface area contributed by atoms with Gasteiger partial charge in [-0.1, -0.05) is 11.2 Å². The summed E-state index contributed by atoms with van der Waals surface area (Å²) in [7, 11) is 0. The average Bonchev–Trinajstić information content (AvgIpc) is 3.04. The first-order valence-electron chi connectivity index (χ1n) is 6.68. The number of guanidine groups is 1. The molecule has 1 aromatic carbocycles. The van der Waals surface area contributed by atoms with E-state index >= 15 is 0 Å². The number of hydrogen-bond acceptors (Lipinski definition) is 4. The number of rotatable bonds is 3. The van der Waals surface area contributed by atoms with Gasteiger partial charge >= 0.3 is 0 Å². The number of aryl methyl sites for hydroxylation is 3. The Kier molecular flexibility index (Phi) is 3.37. The van der Waals surface area contributed by atoms with Gasteiger partial charge in [0.1, 0.15) is 6.54 Å². The third kappa shape index (κ3) is 2.79. The van der Waals surface area contributed by atoms with E-state index in [1.54, 1.807) is 6.92 Å². The van der Waals surface area contributed by atoms with E-state index in [4.69, 9.17) is 10.3 Å². The summed E-state index contributed by atoms with van der Waals surface area (Å²) in [5, 5.41) is 6.79. The Balaban J connectivity index is 1.64. The largest absolute Gasteiger partial charge is 0.370 e. The monoisotopic (exact) mass is 271 g/mol. The number of nitrogens with two attached hydrogens (primary N) is 1.